The number of carbonyl (C=O) groups excluding carboxylic acids is 2. The van der Waals surface area contributed by atoms with E-state index in [1.807, 2.05) is 30.3 Å². The Morgan fingerprint density at radius 3 is 2.37 bits per heavy atom. The molecular weight excluding hydrogens is 378 g/mol. The van der Waals surface area contributed by atoms with Gasteiger partial charge in [-0.25, -0.2) is 0 Å². The number of carbonyl (C=O) groups is 2. The van der Waals surface area contributed by atoms with E-state index in [1.54, 1.807) is 24.3 Å². The van der Waals surface area contributed by atoms with Gasteiger partial charge in [0.25, 0.3) is 0 Å². The van der Waals surface area contributed by atoms with Gasteiger partial charge in [-0.1, -0.05) is 54.6 Å². The molecule has 6 rings (SSSR count). The van der Waals surface area contributed by atoms with Crippen LogP contribution in [0.2, 0.25) is 0 Å². The molecule has 0 unspecified atom stereocenters. The topological polar surface area (TPSA) is 59.8 Å². The lowest BCUT2D eigenvalue weighted by Crippen LogP contribution is -2.31. The summed E-state index contributed by atoms with van der Waals surface area (Å²) in [6, 6.07) is 20.8. The molecule has 3 aromatic carbocycles. The summed E-state index contributed by atoms with van der Waals surface area (Å²) in [5, 5.41) is 0.668. The first-order valence-corrected chi connectivity index (χ1v) is 9.86. The van der Waals surface area contributed by atoms with Crippen LogP contribution in [0.5, 0.6) is 5.75 Å². The molecule has 0 fully saturated rings. The van der Waals surface area contributed by atoms with Gasteiger partial charge in [0.1, 0.15) is 18.1 Å². The van der Waals surface area contributed by atoms with Crippen LogP contribution in [0.3, 0.4) is 0 Å². The Hall–Kier alpha value is -3.70. The summed E-state index contributed by atoms with van der Waals surface area (Å²) in [4.78, 5) is 28.3. The third kappa shape index (κ3) is 2.46. The number of fused-ring (bicyclic) bond motifs is 6. The number of rotatable bonds is 2. The van der Waals surface area contributed by atoms with Crippen molar-refractivity contribution >= 4 is 22.5 Å². The summed E-state index contributed by atoms with van der Waals surface area (Å²) in [7, 11) is 0. The summed E-state index contributed by atoms with van der Waals surface area (Å²) in [5.74, 6) is 0.442. The van der Waals surface area contributed by atoms with Crippen molar-refractivity contribution in [2.24, 2.45) is 0 Å². The van der Waals surface area contributed by atoms with Gasteiger partial charge in [-0.2, -0.15) is 0 Å². The van der Waals surface area contributed by atoms with Crippen molar-refractivity contribution < 1.29 is 18.7 Å². The van der Waals surface area contributed by atoms with Crippen LogP contribution in [0, 0.1) is 0 Å². The summed E-state index contributed by atoms with van der Waals surface area (Å²) in [5.41, 5.74) is 3.80. The Bertz CT molecular complexity index is 1340. The van der Waals surface area contributed by atoms with Gasteiger partial charge in [0, 0.05) is 29.6 Å². The van der Waals surface area contributed by atoms with Crippen LogP contribution in [0.15, 0.2) is 71.1 Å². The van der Waals surface area contributed by atoms with Crippen molar-refractivity contribution in [2.75, 3.05) is 6.73 Å². The van der Waals surface area contributed by atoms with Crippen molar-refractivity contribution in [3.05, 3.63) is 100 Å². The molecule has 0 amide bonds. The SMILES string of the molecule is O=C1c2ccccc2C(=O)c2c1oc1c3c(ccc21)OCN(Cc1ccccc1)C3. The van der Waals surface area contributed by atoms with Crippen molar-refractivity contribution in [1.82, 2.24) is 4.90 Å². The maximum absolute atomic E-state index is 13.1. The molecule has 5 heteroatoms. The summed E-state index contributed by atoms with van der Waals surface area (Å²) in [6.07, 6.45) is 0. The van der Waals surface area contributed by atoms with Crippen molar-refractivity contribution in [3.8, 4) is 5.75 Å². The van der Waals surface area contributed by atoms with E-state index in [1.165, 1.54) is 5.56 Å². The van der Waals surface area contributed by atoms with E-state index in [-0.39, 0.29) is 17.3 Å². The minimum Gasteiger partial charge on any atom is -0.478 e. The van der Waals surface area contributed by atoms with Crippen LogP contribution < -0.4 is 4.74 Å². The maximum atomic E-state index is 13.1. The van der Waals surface area contributed by atoms with Crippen LogP contribution in [-0.2, 0) is 13.1 Å². The Morgan fingerprint density at radius 2 is 1.57 bits per heavy atom. The lowest BCUT2D eigenvalue weighted by molar-refractivity contribution is 0.0888. The quantitative estimate of drug-likeness (QED) is 0.439. The number of ether oxygens (including phenoxy) is 1. The second-order valence-electron chi connectivity index (χ2n) is 7.68. The number of furan rings is 1. The number of hydrogen-bond donors (Lipinski definition) is 0. The van der Waals surface area contributed by atoms with Crippen LogP contribution in [0.25, 0.3) is 11.0 Å². The number of nitrogens with zero attached hydrogens (tertiary/aromatic N) is 1. The van der Waals surface area contributed by atoms with Gasteiger partial charge in [-0.15, -0.1) is 0 Å². The normalized spacial score (nSPS) is 15.5. The molecule has 30 heavy (non-hydrogen) atoms. The van der Waals surface area contributed by atoms with E-state index in [2.05, 4.69) is 17.0 Å². The van der Waals surface area contributed by atoms with Gasteiger partial charge < -0.3 is 9.15 Å². The summed E-state index contributed by atoms with van der Waals surface area (Å²) in [6.45, 7) is 1.82. The van der Waals surface area contributed by atoms with E-state index in [4.69, 9.17) is 9.15 Å². The van der Waals surface area contributed by atoms with Crippen molar-refractivity contribution in [2.45, 2.75) is 13.1 Å². The highest BCUT2D eigenvalue weighted by atomic mass is 16.5. The van der Waals surface area contributed by atoms with E-state index >= 15 is 0 Å². The molecule has 1 aromatic heterocycles. The second kappa shape index (κ2) is 6.40. The van der Waals surface area contributed by atoms with Gasteiger partial charge in [0.2, 0.25) is 5.78 Å². The first kappa shape index (κ1) is 17.2. The van der Waals surface area contributed by atoms with Crippen LogP contribution in [0.4, 0.5) is 0 Å². The largest absolute Gasteiger partial charge is 0.478 e. The fourth-order valence-electron chi connectivity index (χ4n) is 4.38. The zero-order valence-electron chi connectivity index (χ0n) is 16.1. The van der Waals surface area contributed by atoms with E-state index in [0.717, 1.165) is 17.9 Å². The summed E-state index contributed by atoms with van der Waals surface area (Å²) < 4.78 is 12.0. The first-order valence-electron chi connectivity index (χ1n) is 9.86. The molecule has 0 radical (unpaired) electrons. The summed E-state index contributed by atoms with van der Waals surface area (Å²) >= 11 is 0. The first-order chi connectivity index (χ1) is 14.7. The van der Waals surface area contributed by atoms with Crippen molar-refractivity contribution in [3.63, 3.8) is 0 Å². The van der Waals surface area contributed by atoms with E-state index in [9.17, 15) is 9.59 Å². The molecule has 4 aromatic rings. The highest BCUT2D eigenvalue weighted by Gasteiger charge is 2.36. The minimum atomic E-state index is -0.247. The third-order valence-corrected chi connectivity index (χ3v) is 5.80. The molecule has 0 saturated heterocycles. The van der Waals surface area contributed by atoms with E-state index in [0.29, 0.717) is 40.9 Å². The zero-order valence-corrected chi connectivity index (χ0v) is 16.1. The monoisotopic (exact) mass is 395 g/mol. The second-order valence-corrected chi connectivity index (χ2v) is 7.68. The fourth-order valence-corrected chi connectivity index (χ4v) is 4.38. The number of hydrogen-bond acceptors (Lipinski definition) is 5. The third-order valence-electron chi connectivity index (χ3n) is 5.80. The highest BCUT2D eigenvalue weighted by molar-refractivity contribution is 6.31. The Labute approximate surface area is 172 Å². The van der Waals surface area contributed by atoms with Gasteiger partial charge in [0.15, 0.2) is 11.5 Å². The lowest BCUT2D eigenvalue weighted by atomic mass is 9.87. The predicted molar refractivity (Wildman–Crippen MR) is 111 cm³/mol. The van der Waals surface area contributed by atoms with Crippen molar-refractivity contribution in [1.29, 1.82) is 0 Å². The molecule has 0 saturated carbocycles. The minimum absolute atomic E-state index is 0.127. The lowest BCUT2D eigenvalue weighted by Gasteiger charge is -2.29. The fraction of sp³-hybridized carbons (Fsp3) is 0.120. The Morgan fingerprint density at radius 1 is 0.833 bits per heavy atom. The molecule has 0 N–H and O–H groups in total. The smallest absolute Gasteiger partial charge is 0.229 e. The highest BCUT2D eigenvalue weighted by Crippen LogP contribution is 2.40. The maximum Gasteiger partial charge on any atom is 0.229 e. The zero-order chi connectivity index (χ0) is 20.2. The van der Waals surface area contributed by atoms with Gasteiger partial charge in [-0.3, -0.25) is 14.5 Å². The number of ketones is 2. The average molecular weight is 395 g/mol. The predicted octanol–water partition coefficient (Wildman–Crippen LogP) is 4.56. The van der Waals surface area contributed by atoms with Gasteiger partial charge in [0.05, 0.1) is 11.1 Å². The van der Waals surface area contributed by atoms with Crippen LogP contribution in [-0.4, -0.2) is 23.2 Å². The molecule has 1 aliphatic carbocycles. The van der Waals surface area contributed by atoms with Crippen LogP contribution in [0.1, 0.15) is 43.2 Å². The molecule has 0 atom stereocenters. The molecule has 2 heterocycles. The van der Waals surface area contributed by atoms with Gasteiger partial charge in [-0.05, 0) is 17.7 Å². The standard InChI is InChI=1S/C25H17NO4/c27-22-16-8-4-5-9-17(16)23(28)25-21(22)18-10-11-20-19(24(18)30-25)13-26(14-29-20)12-15-6-2-1-3-7-15/h1-11H,12-14H2. The average Bonchev–Trinajstić information content (AvgIpc) is 3.19. The molecule has 2 aliphatic rings. The molecule has 146 valence electrons. The van der Waals surface area contributed by atoms with E-state index < -0.39 is 0 Å². The van der Waals surface area contributed by atoms with Crippen LogP contribution >= 0.6 is 0 Å². The van der Waals surface area contributed by atoms with Gasteiger partial charge >= 0.3 is 0 Å². The number of benzene rings is 3. The molecule has 0 spiro atoms. The molecule has 5 nitrogen and oxygen atoms in total. The molecular formula is C25H17NO4. The molecule has 0 bridgehead atoms. The molecule has 1 aliphatic heterocycles. The Kier molecular flexibility index (Phi) is 3.67. The Balaban J connectivity index is 1.45.